The van der Waals surface area contributed by atoms with Gasteiger partial charge in [0, 0.05) is 4.47 Å². The summed E-state index contributed by atoms with van der Waals surface area (Å²) in [7, 11) is 0. The van der Waals surface area contributed by atoms with E-state index in [4.69, 9.17) is 10.8 Å². The van der Waals surface area contributed by atoms with E-state index in [1.54, 1.807) is 19.9 Å². The molecule has 0 radical (unpaired) electrons. The summed E-state index contributed by atoms with van der Waals surface area (Å²) in [5, 5.41) is 9.09. The SMILES string of the molecule is Cc1cc([C@@](C)(N)CO)c(Br)cc1F. The highest BCUT2D eigenvalue weighted by Gasteiger charge is 2.23. The van der Waals surface area contributed by atoms with Crippen molar-refractivity contribution in [2.45, 2.75) is 19.4 Å². The lowest BCUT2D eigenvalue weighted by molar-refractivity contribution is 0.209. The summed E-state index contributed by atoms with van der Waals surface area (Å²) in [6.07, 6.45) is 0. The molecular formula is C10H13BrFNO. The Bertz CT molecular complexity index is 352. The molecule has 0 saturated carbocycles. The minimum atomic E-state index is -0.850. The van der Waals surface area contributed by atoms with Gasteiger partial charge in [0.15, 0.2) is 0 Å². The molecule has 0 heterocycles. The maximum atomic E-state index is 13.1. The second-order valence-corrected chi connectivity index (χ2v) is 4.51. The smallest absolute Gasteiger partial charge is 0.127 e. The fraction of sp³-hybridized carbons (Fsp3) is 0.400. The molecular weight excluding hydrogens is 249 g/mol. The van der Waals surface area contributed by atoms with Gasteiger partial charge in [-0.15, -0.1) is 0 Å². The van der Waals surface area contributed by atoms with E-state index in [1.807, 2.05) is 0 Å². The van der Waals surface area contributed by atoms with Crippen LogP contribution in [0.1, 0.15) is 18.1 Å². The molecule has 14 heavy (non-hydrogen) atoms. The summed E-state index contributed by atoms with van der Waals surface area (Å²) in [6, 6.07) is 3.01. The van der Waals surface area contributed by atoms with Crippen LogP contribution in [0.4, 0.5) is 4.39 Å². The van der Waals surface area contributed by atoms with Gasteiger partial charge in [0.2, 0.25) is 0 Å². The fourth-order valence-electron chi connectivity index (χ4n) is 1.18. The topological polar surface area (TPSA) is 46.2 Å². The fourth-order valence-corrected chi connectivity index (χ4v) is 1.95. The molecule has 0 saturated heterocycles. The van der Waals surface area contributed by atoms with Crippen LogP contribution in [0, 0.1) is 12.7 Å². The normalized spacial score (nSPS) is 15.3. The Kier molecular flexibility index (Phi) is 3.29. The Balaban J connectivity index is 3.29. The number of halogens is 2. The van der Waals surface area contributed by atoms with E-state index in [2.05, 4.69) is 15.9 Å². The van der Waals surface area contributed by atoms with Crippen molar-refractivity contribution in [3.05, 3.63) is 33.5 Å². The number of aryl methyl sites for hydroxylation is 1. The minimum Gasteiger partial charge on any atom is -0.394 e. The highest BCUT2D eigenvalue weighted by atomic mass is 79.9. The third-order valence-electron chi connectivity index (χ3n) is 2.19. The van der Waals surface area contributed by atoms with E-state index in [0.29, 0.717) is 15.6 Å². The number of aliphatic hydroxyl groups is 1. The molecule has 0 aliphatic heterocycles. The Hall–Kier alpha value is -0.450. The van der Waals surface area contributed by atoms with E-state index in [0.717, 1.165) is 0 Å². The van der Waals surface area contributed by atoms with Crippen LogP contribution in [-0.2, 0) is 5.54 Å². The largest absolute Gasteiger partial charge is 0.394 e. The molecule has 0 aromatic heterocycles. The van der Waals surface area contributed by atoms with Crippen molar-refractivity contribution in [1.82, 2.24) is 0 Å². The van der Waals surface area contributed by atoms with Gasteiger partial charge in [0.25, 0.3) is 0 Å². The lowest BCUT2D eigenvalue weighted by atomic mass is 9.93. The van der Waals surface area contributed by atoms with Gasteiger partial charge in [-0.3, -0.25) is 0 Å². The van der Waals surface area contributed by atoms with Gasteiger partial charge in [-0.05, 0) is 31.0 Å². The van der Waals surface area contributed by atoms with E-state index in [9.17, 15) is 4.39 Å². The number of rotatable bonds is 2. The van der Waals surface area contributed by atoms with Gasteiger partial charge < -0.3 is 10.8 Å². The maximum absolute atomic E-state index is 13.1. The molecule has 0 aliphatic carbocycles. The third kappa shape index (κ3) is 2.13. The van der Waals surface area contributed by atoms with Gasteiger partial charge in [0.1, 0.15) is 5.82 Å². The molecule has 1 aromatic carbocycles. The molecule has 1 aromatic rings. The Morgan fingerprint density at radius 2 is 2.14 bits per heavy atom. The van der Waals surface area contributed by atoms with E-state index >= 15 is 0 Å². The van der Waals surface area contributed by atoms with Crippen molar-refractivity contribution in [3.8, 4) is 0 Å². The quantitative estimate of drug-likeness (QED) is 0.857. The molecule has 0 fully saturated rings. The number of benzene rings is 1. The monoisotopic (exact) mass is 261 g/mol. The summed E-state index contributed by atoms with van der Waals surface area (Å²) in [6.45, 7) is 3.18. The van der Waals surface area contributed by atoms with Gasteiger partial charge >= 0.3 is 0 Å². The number of hydrogen-bond donors (Lipinski definition) is 2. The van der Waals surface area contributed by atoms with Crippen molar-refractivity contribution < 1.29 is 9.50 Å². The zero-order valence-corrected chi connectivity index (χ0v) is 9.73. The van der Waals surface area contributed by atoms with Crippen molar-refractivity contribution in [1.29, 1.82) is 0 Å². The van der Waals surface area contributed by atoms with Crippen LogP contribution in [-0.4, -0.2) is 11.7 Å². The first-order valence-corrected chi connectivity index (χ1v) is 5.03. The Morgan fingerprint density at radius 1 is 1.57 bits per heavy atom. The summed E-state index contributed by atoms with van der Waals surface area (Å²) in [5.74, 6) is -0.283. The van der Waals surface area contributed by atoms with Crippen molar-refractivity contribution in [2.24, 2.45) is 5.73 Å². The van der Waals surface area contributed by atoms with Crippen LogP contribution < -0.4 is 5.73 Å². The molecule has 0 aliphatic rings. The number of hydrogen-bond acceptors (Lipinski definition) is 2. The lowest BCUT2D eigenvalue weighted by Gasteiger charge is -2.24. The first kappa shape index (κ1) is 11.6. The van der Waals surface area contributed by atoms with Crippen LogP contribution in [0.5, 0.6) is 0 Å². The number of nitrogens with two attached hydrogens (primary N) is 1. The Morgan fingerprint density at radius 3 is 2.64 bits per heavy atom. The predicted molar refractivity (Wildman–Crippen MR) is 57.5 cm³/mol. The average molecular weight is 262 g/mol. The summed E-state index contributed by atoms with van der Waals surface area (Å²) in [5.41, 5.74) is 6.23. The lowest BCUT2D eigenvalue weighted by Crippen LogP contribution is -2.37. The third-order valence-corrected chi connectivity index (χ3v) is 2.85. The summed E-state index contributed by atoms with van der Waals surface area (Å²) < 4.78 is 13.7. The molecule has 3 N–H and O–H groups in total. The molecule has 2 nitrogen and oxygen atoms in total. The summed E-state index contributed by atoms with van der Waals surface area (Å²) >= 11 is 3.23. The van der Waals surface area contributed by atoms with E-state index in [1.165, 1.54) is 6.07 Å². The maximum Gasteiger partial charge on any atom is 0.127 e. The number of aliphatic hydroxyl groups excluding tert-OH is 1. The highest BCUT2D eigenvalue weighted by molar-refractivity contribution is 9.10. The molecule has 1 rings (SSSR count). The van der Waals surface area contributed by atoms with Gasteiger partial charge in [-0.1, -0.05) is 22.0 Å². The van der Waals surface area contributed by atoms with Crippen molar-refractivity contribution in [2.75, 3.05) is 6.61 Å². The molecule has 0 amide bonds. The molecule has 0 unspecified atom stereocenters. The standard InChI is InChI=1S/C10H13BrFNO/c1-6-3-7(10(2,13)5-14)8(11)4-9(6)12/h3-4,14H,5,13H2,1-2H3/t10-/m0/s1. The van der Waals surface area contributed by atoms with Gasteiger partial charge in [-0.25, -0.2) is 4.39 Å². The van der Waals surface area contributed by atoms with Gasteiger partial charge in [-0.2, -0.15) is 0 Å². The molecule has 78 valence electrons. The van der Waals surface area contributed by atoms with Crippen molar-refractivity contribution >= 4 is 15.9 Å². The summed E-state index contributed by atoms with van der Waals surface area (Å²) in [4.78, 5) is 0. The minimum absolute atomic E-state index is 0.184. The molecule has 1 atom stereocenters. The first-order chi connectivity index (χ1) is 6.38. The van der Waals surface area contributed by atoms with Crippen LogP contribution in [0.3, 0.4) is 0 Å². The van der Waals surface area contributed by atoms with E-state index < -0.39 is 5.54 Å². The predicted octanol–water partition coefficient (Wildman–Crippen LogP) is 2.06. The average Bonchev–Trinajstić information content (AvgIpc) is 2.11. The second kappa shape index (κ2) is 3.96. The second-order valence-electron chi connectivity index (χ2n) is 3.66. The molecule has 4 heteroatoms. The first-order valence-electron chi connectivity index (χ1n) is 4.24. The zero-order valence-electron chi connectivity index (χ0n) is 8.14. The van der Waals surface area contributed by atoms with E-state index in [-0.39, 0.29) is 12.4 Å². The van der Waals surface area contributed by atoms with Crippen LogP contribution in [0.2, 0.25) is 0 Å². The van der Waals surface area contributed by atoms with Crippen molar-refractivity contribution in [3.63, 3.8) is 0 Å². The van der Waals surface area contributed by atoms with Crippen LogP contribution in [0.25, 0.3) is 0 Å². The molecule has 0 bridgehead atoms. The van der Waals surface area contributed by atoms with Crippen LogP contribution in [0.15, 0.2) is 16.6 Å². The highest BCUT2D eigenvalue weighted by Crippen LogP contribution is 2.28. The zero-order chi connectivity index (χ0) is 10.9. The van der Waals surface area contributed by atoms with Gasteiger partial charge in [0.05, 0.1) is 12.1 Å². The Labute approximate surface area is 91.1 Å². The van der Waals surface area contributed by atoms with Crippen LogP contribution >= 0.6 is 15.9 Å². The molecule has 0 spiro atoms.